The SMILES string of the molecule is c1ccc(-c2ccc3cc(-c4ccc5cc(N(c6ccccc6)c6ccc7oc8ccccc8c7c6)ccc5c4)ccc3c2)cc1. The lowest BCUT2D eigenvalue weighted by molar-refractivity contribution is 0.669. The summed E-state index contributed by atoms with van der Waals surface area (Å²) < 4.78 is 6.13. The molecule has 1 aromatic heterocycles. The monoisotopic (exact) mass is 587 g/mol. The van der Waals surface area contributed by atoms with Crippen molar-refractivity contribution >= 4 is 60.5 Å². The molecule has 2 nitrogen and oxygen atoms in total. The summed E-state index contributed by atoms with van der Waals surface area (Å²) in [5.41, 5.74) is 10.0. The fraction of sp³-hybridized carbons (Fsp3) is 0. The Morgan fingerprint density at radius 3 is 1.50 bits per heavy atom. The Hall–Kier alpha value is -6.12. The van der Waals surface area contributed by atoms with Crippen LogP contribution < -0.4 is 4.90 Å². The number of rotatable bonds is 5. The first-order chi connectivity index (χ1) is 22.8. The fourth-order valence-electron chi connectivity index (χ4n) is 6.66. The lowest BCUT2D eigenvalue weighted by Crippen LogP contribution is -2.09. The van der Waals surface area contributed by atoms with E-state index in [9.17, 15) is 0 Å². The maximum absolute atomic E-state index is 6.13. The highest BCUT2D eigenvalue weighted by Crippen LogP contribution is 2.40. The predicted octanol–water partition coefficient (Wildman–Crippen LogP) is 12.7. The van der Waals surface area contributed by atoms with E-state index in [1.807, 2.05) is 12.1 Å². The van der Waals surface area contributed by atoms with Crippen LogP contribution in [0.2, 0.25) is 0 Å². The van der Waals surface area contributed by atoms with Gasteiger partial charge in [0.05, 0.1) is 0 Å². The van der Waals surface area contributed by atoms with E-state index >= 15 is 0 Å². The molecule has 0 amide bonds. The second-order valence-corrected chi connectivity index (χ2v) is 11.8. The fourth-order valence-corrected chi connectivity index (χ4v) is 6.66. The molecule has 0 radical (unpaired) electrons. The molecule has 0 spiro atoms. The first-order valence-corrected chi connectivity index (χ1v) is 15.7. The zero-order valence-electron chi connectivity index (χ0n) is 25.1. The summed E-state index contributed by atoms with van der Waals surface area (Å²) in [6, 6.07) is 62.9. The van der Waals surface area contributed by atoms with Gasteiger partial charge in [0, 0.05) is 27.8 Å². The van der Waals surface area contributed by atoms with Gasteiger partial charge in [-0.1, -0.05) is 109 Å². The van der Waals surface area contributed by atoms with Gasteiger partial charge >= 0.3 is 0 Å². The molecule has 0 atom stereocenters. The lowest BCUT2D eigenvalue weighted by atomic mass is 9.96. The van der Waals surface area contributed by atoms with Gasteiger partial charge in [0.15, 0.2) is 0 Å². The van der Waals surface area contributed by atoms with Crippen molar-refractivity contribution < 1.29 is 4.42 Å². The molecule has 216 valence electrons. The number of furan rings is 1. The van der Waals surface area contributed by atoms with Gasteiger partial charge in [0.2, 0.25) is 0 Å². The van der Waals surface area contributed by atoms with Gasteiger partial charge in [-0.05, 0) is 111 Å². The van der Waals surface area contributed by atoms with Crippen LogP contribution in [0.5, 0.6) is 0 Å². The summed E-state index contributed by atoms with van der Waals surface area (Å²) in [5.74, 6) is 0. The molecule has 0 aliphatic rings. The number of hydrogen-bond acceptors (Lipinski definition) is 2. The minimum Gasteiger partial charge on any atom is -0.456 e. The molecule has 0 aliphatic carbocycles. The molecule has 9 rings (SSSR count). The molecule has 0 unspecified atom stereocenters. The van der Waals surface area contributed by atoms with Crippen molar-refractivity contribution in [3.8, 4) is 22.3 Å². The summed E-state index contributed by atoms with van der Waals surface area (Å²) >= 11 is 0. The lowest BCUT2D eigenvalue weighted by Gasteiger charge is -2.26. The Morgan fingerprint density at radius 1 is 0.304 bits per heavy atom. The van der Waals surface area contributed by atoms with Crippen LogP contribution in [-0.2, 0) is 0 Å². The van der Waals surface area contributed by atoms with Crippen molar-refractivity contribution in [2.45, 2.75) is 0 Å². The van der Waals surface area contributed by atoms with E-state index in [0.717, 1.165) is 39.0 Å². The second kappa shape index (κ2) is 10.8. The van der Waals surface area contributed by atoms with Gasteiger partial charge in [-0.15, -0.1) is 0 Å². The number of anilines is 3. The Bertz CT molecular complexity index is 2530. The molecule has 0 aliphatic heterocycles. The number of benzene rings is 8. The Balaban J connectivity index is 1.09. The zero-order chi connectivity index (χ0) is 30.5. The third kappa shape index (κ3) is 4.60. The largest absolute Gasteiger partial charge is 0.456 e. The minimum atomic E-state index is 0.898. The van der Waals surface area contributed by atoms with E-state index in [4.69, 9.17) is 4.42 Å². The number of nitrogens with zero attached hydrogens (tertiary/aromatic N) is 1. The van der Waals surface area contributed by atoms with Gasteiger partial charge in [-0.25, -0.2) is 0 Å². The predicted molar refractivity (Wildman–Crippen MR) is 194 cm³/mol. The van der Waals surface area contributed by atoms with Crippen LogP contribution in [-0.4, -0.2) is 0 Å². The smallest absolute Gasteiger partial charge is 0.135 e. The van der Waals surface area contributed by atoms with Crippen LogP contribution in [0.15, 0.2) is 180 Å². The summed E-state index contributed by atoms with van der Waals surface area (Å²) in [5, 5.41) is 7.15. The molecule has 0 bridgehead atoms. The third-order valence-electron chi connectivity index (χ3n) is 9.00. The van der Waals surface area contributed by atoms with E-state index in [0.29, 0.717) is 0 Å². The molecule has 2 heteroatoms. The third-order valence-corrected chi connectivity index (χ3v) is 9.00. The number of hydrogen-bond donors (Lipinski definition) is 0. The van der Waals surface area contributed by atoms with Crippen LogP contribution in [0.1, 0.15) is 0 Å². The minimum absolute atomic E-state index is 0.898. The molecule has 46 heavy (non-hydrogen) atoms. The quantitative estimate of drug-likeness (QED) is 0.199. The van der Waals surface area contributed by atoms with E-state index in [-0.39, 0.29) is 0 Å². The molecule has 0 saturated heterocycles. The van der Waals surface area contributed by atoms with Gasteiger partial charge in [-0.3, -0.25) is 0 Å². The molecule has 0 fully saturated rings. The Kier molecular flexibility index (Phi) is 6.17. The summed E-state index contributed by atoms with van der Waals surface area (Å²) in [6.07, 6.45) is 0. The number of para-hydroxylation sites is 2. The Morgan fingerprint density at radius 2 is 0.804 bits per heavy atom. The van der Waals surface area contributed by atoms with Crippen molar-refractivity contribution in [1.29, 1.82) is 0 Å². The van der Waals surface area contributed by atoms with Crippen molar-refractivity contribution in [2.24, 2.45) is 0 Å². The van der Waals surface area contributed by atoms with Crippen LogP contribution in [0, 0.1) is 0 Å². The van der Waals surface area contributed by atoms with E-state index in [1.165, 1.54) is 43.8 Å². The molecule has 0 N–H and O–H groups in total. The standard InChI is InChI=1S/C44H29NO/c1-3-9-30(10-4-1)31-15-16-33-26-34(18-17-32(33)25-31)35-19-20-37-28-39(22-21-36(37)27-35)45(38-11-5-2-6-12-38)40-23-24-44-42(29-40)41-13-7-8-14-43(41)46-44/h1-29H. The molecular weight excluding hydrogens is 558 g/mol. The van der Waals surface area contributed by atoms with Crippen molar-refractivity contribution in [3.63, 3.8) is 0 Å². The average Bonchev–Trinajstić information content (AvgIpc) is 3.50. The maximum Gasteiger partial charge on any atom is 0.135 e. The average molecular weight is 588 g/mol. The molecule has 9 aromatic rings. The maximum atomic E-state index is 6.13. The van der Waals surface area contributed by atoms with Crippen LogP contribution >= 0.6 is 0 Å². The topological polar surface area (TPSA) is 16.4 Å². The summed E-state index contributed by atoms with van der Waals surface area (Å²) in [6.45, 7) is 0. The Labute approximate surface area is 267 Å². The van der Waals surface area contributed by atoms with Gasteiger partial charge < -0.3 is 9.32 Å². The van der Waals surface area contributed by atoms with Gasteiger partial charge in [-0.2, -0.15) is 0 Å². The molecule has 8 aromatic carbocycles. The summed E-state index contributed by atoms with van der Waals surface area (Å²) in [7, 11) is 0. The van der Waals surface area contributed by atoms with Crippen molar-refractivity contribution in [3.05, 3.63) is 176 Å². The normalized spacial score (nSPS) is 11.5. The number of fused-ring (bicyclic) bond motifs is 5. The van der Waals surface area contributed by atoms with Crippen LogP contribution in [0.25, 0.3) is 65.7 Å². The summed E-state index contributed by atoms with van der Waals surface area (Å²) in [4.78, 5) is 2.32. The van der Waals surface area contributed by atoms with E-state index < -0.39 is 0 Å². The van der Waals surface area contributed by atoms with E-state index in [1.54, 1.807) is 0 Å². The van der Waals surface area contributed by atoms with Gasteiger partial charge in [0.1, 0.15) is 11.2 Å². The van der Waals surface area contributed by atoms with Crippen LogP contribution in [0.4, 0.5) is 17.1 Å². The van der Waals surface area contributed by atoms with Gasteiger partial charge in [0.25, 0.3) is 0 Å². The van der Waals surface area contributed by atoms with E-state index in [2.05, 4.69) is 169 Å². The zero-order valence-corrected chi connectivity index (χ0v) is 25.1. The highest BCUT2D eigenvalue weighted by molar-refractivity contribution is 6.06. The molecular formula is C44H29NO. The molecule has 1 heterocycles. The highest BCUT2D eigenvalue weighted by atomic mass is 16.3. The van der Waals surface area contributed by atoms with Crippen molar-refractivity contribution in [2.75, 3.05) is 4.90 Å². The van der Waals surface area contributed by atoms with Crippen molar-refractivity contribution in [1.82, 2.24) is 0 Å². The first kappa shape index (κ1) is 26.3. The highest BCUT2D eigenvalue weighted by Gasteiger charge is 2.16. The first-order valence-electron chi connectivity index (χ1n) is 15.7. The van der Waals surface area contributed by atoms with Crippen LogP contribution in [0.3, 0.4) is 0 Å². The second-order valence-electron chi connectivity index (χ2n) is 11.8. The molecule has 0 saturated carbocycles.